The maximum absolute atomic E-state index is 12.5. The number of rotatable bonds is 2. The number of hydrogen-bond donors (Lipinski definition) is 1. The number of para-hydroxylation sites is 1. The Hall–Kier alpha value is -1.75. The van der Waals surface area contributed by atoms with Gasteiger partial charge < -0.3 is 9.88 Å². The molecule has 24 heavy (non-hydrogen) atoms. The number of halogens is 2. The normalized spacial score (nSPS) is 14.9. The minimum absolute atomic E-state index is 0.0455. The number of benzene rings is 1. The van der Waals surface area contributed by atoms with Crippen molar-refractivity contribution < 1.29 is 4.79 Å². The fourth-order valence-electron chi connectivity index (χ4n) is 3.07. The standard InChI is InChI=1S/C18H14Cl2N2OS/c19-14-3-1-2-12-13(10-21-17(12)14)11-6-8-22(9-7-11)18(23)15-4-5-16(20)24-15/h1-6,10,21H,7-9H2. The Balaban J connectivity index is 1.58. The number of aromatic nitrogens is 1. The van der Waals surface area contributed by atoms with Crippen LogP contribution >= 0.6 is 34.5 Å². The van der Waals surface area contributed by atoms with E-state index in [0.29, 0.717) is 22.3 Å². The van der Waals surface area contributed by atoms with Gasteiger partial charge in [-0.2, -0.15) is 0 Å². The van der Waals surface area contributed by atoms with Crippen LogP contribution in [-0.4, -0.2) is 28.9 Å². The molecular weight excluding hydrogens is 363 g/mol. The van der Waals surface area contributed by atoms with Crippen LogP contribution in [0.4, 0.5) is 0 Å². The molecule has 1 aliphatic rings. The maximum atomic E-state index is 12.5. The van der Waals surface area contributed by atoms with Gasteiger partial charge in [0.05, 0.1) is 19.8 Å². The highest BCUT2D eigenvalue weighted by molar-refractivity contribution is 7.17. The van der Waals surface area contributed by atoms with Gasteiger partial charge in [-0.15, -0.1) is 11.3 Å². The predicted octanol–water partition coefficient (Wildman–Crippen LogP) is 5.47. The number of amides is 1. The molecule has 0 aliphatic carbocycles. The van der Waals surface area contributed by atoms with E-state index in [-0.39, 0.29) is 5.91 Å². The third kappa shape index (κ3) is 2.75. The monoisotopic (exact) mass is 376 g/mol. The number of nitrogens with one attached hydrogen (secondary N) is 1. The first-order chi connectivity index (χ1) is 11.6. The number of H-pyrrole nitrogens is 1. The Bertz CT molecular complexity index is 957. The summed E-state index contributed by atoms with van der Waals surface area (Å²) in [7, 11) is 0. The van der Waals surface area contributed by atoms with E-state index in [9.17, 15) is 4.79 Å². The Kier molecular flexibility index (Phi) is 4.12. The maximum Gasteiger partial charge on any atom is 0.264 e. The first-order valence-electron chi connectivity index (χ1n) is 7.63. The van der Waals surface area contributed by atoms with Crippen molar-refractivity contribution in [1.29, 1.82) is 0 Å². The van der Waals surface area contributed by atoms with E-state index >= 15 is 0 Å². The molecule has 0 spiro atoms. The number of carbonyl (C=O) groups is 1. The second kappa shape index (κ2) is 6.28. The molecule has 0 bridgehead atoms. The first-order valence-corrected chi connectivity index (χ1v) is 9.20. The molecule has 0 saturated carbocycles. The van der Waals surface area contributed by atoms with Gasteiger partial charge in [0.2, 0.25) is 0 Å². The topological polar surface area (TPSA) is 36.1 Å². The molecule has 0 atom stereocenters. The van der Waals surface area contributed by atoms with E-state index in [1.807, 2.05) is 23.2 Å². The number of thiophene rings is 1. The SMILES string of the molecule is O=C(c1ccc(Cl)s1)N1CC=C(c2c[nH]c3c(Cl)cccc23)CC1. The highest BCUT2D eigenvalue weighted by atomic mass is 35.5. The van der Waals surface area contributed by atoms with Crippen molar-refractivity contribution in [1.82, 2.24) is 9.88 Å². The molecule has 0 fully saturated rings. The smallest absolute Gasteiger partial charge is 0.264 e. The lowest BCUT2D eigenvalue weighted by atomic mass is 9.99. The summed E-state index contributed by atoms with van der Waals surface area (Å²) in [5.74, 6) is 0.0455. The Morgan fingerprint density at radius 2 is 2.08 bits per heavy atom. The molecule has 0 radical (unpaired) electrons. The number of fused-ring (bicyclic) bond motifs is 1. The molecule has 6 heteroatoms. The first kappa shape index (κ1) is 15.8. The Morgan fingerprint density at radius 3 is 2.79 bits per heavy atom. The summed E-state index contributed by atoms with van der Waals surface area (Å²) < 4.78 is 0.641. The average Bonchev–Trinajstić information content (AvgIpc) is 3.22. The quantitative estimate of drug-likeness (QED) is 0.632. The van der Waals surface area contributed by atoms with Crippen LogP contribution in [0, 0.1) is 0 Å². The summed E-state index contributed by atoms with van der Waals surface area (Å²) in [4.78, 5) is 18.3. The lowest BCUT2D eigenvalue weighted by molar-refractivity contribution is 0.0777. The van der Waals surface area contributed by atoms with Gasteiger partial charge in [-0.3, -0.25) is 4.79 Å². The minimum atomic E-state index is 0.0455. The molecule has 3 nitrogen and oxygen atoms in total. The van der Waals surface area contributed by atoms with Crippen LogP contribution in [0.25, 0.3) is 16.5 Å². The molecule has 1 aromatic carbocycles. The third-order valence-corrected chi connectivity index (χ3v) is 5.83. The van der Waals surface area contributed by atoms with E-state index in [4.69, 9.17) is 23.2 Å². The summed E-state index contributed by atoms with van der Waals surface area (Å²) >= 11 is 13.5. The number of nitrogens with zero attached hydrogens (tertiary/aromatic N) is 1. The third-order valence-electron chi connectivity index (χ3n) is 4.29. The Labute approximate surface area is 153 Å². The minimum Gasteiger partial charge on any atom is -0.359 e. The molecule has 1 aliphatic heterocycles. The molecule has 4 rings (SSSR count). The van der Waals surface area contributed by atoms with Crippen molar-refractivity contribution in [2.45, 2.75) is 6.42 Å². The van der Waals surface area contributed by atoms with Gasteiger partial charge in [0.15, 0.2) is 0 Å². The summed E-state index contributed by atoms with van der Waals surface area (Å²) in [6, 6.07) is 9.46. The summed E-state index contributed by atoms with van der Waals surface area (Å²) in [5, 5.41) is 1.85. The number of aromatic amines is 1. The molecule has 0 saturated heterocycles. The molecule has 1 N–H and O–H groups in total. The number of hydrogen-bond acceptors (Lipinski definition) is 2. The predicted molar refractivity (Wildman–Crippen MR) is 101 cm³/mol. The van der Waals surface area contributed by atoms with Crippen LogP contribution < -0.4 is 0 Å². The molecule has 122 valence electrons. The van der Waals surface area contributed by atoms with Crippen molar-refractivity contribution in [3.8, 4) is 0 Å². The van der Waals surface area contributed by atoms with Crippen molar-refractivity contribution in [3.05, 3.63) is 62.4 Å². The van der Waals surface area contributed by atoms with Gasteiger partial charge in [0.1, 0.15) is 0 Å². The number of carbonyl (C=O) groups excluding carboxylic acids is 1. The van der Waals surface area contributed by atoms with Gasteiger partial charge >= 0.3 is 0 Å². The van der Waals surface area contributed by atoms with Crippen LogP contribution in [0.1, 0.15) is 21.7 Å². The van der Waals surface area contributed by atoms with Crippen LogP contribution in [0.2, 0.25) is 9.36 Å². The van der Waals surface area contributed by atoms with Gasteiger partial charge in [0.25, 0.3) is 5.91 Å². The highest BCUT2D eigenvalue weighted by Gasteiger charge is 2.21. The van der Waals surface area contributed by atoms with Crippen molar-refractivity contribution in [3.63, 3.8) is 0 Å². The molecule has 3 aromatic rings. The highest BCUT2D eigenvalue weighted by Crippen LogP contribution is 2.32. The average molecular weight is 377 g/mol. The zero-order valence-corrected chi connectivity index (χ0v) is 15.0. The molecule has 1 amide bonds. The zero-order valence-electron chi connectivity index (χ0n) is 12.7. The molecule has 3 heterocycles. The van der Waals surface area contributed by atoms with E-state index < -0.39 is 0 Å². The van der Waals surface area contributed by atoms with E-state index in [1.54, 1.807) is 12.1 Å². The Morgan fingerprint density at radius 1 is 1.21 bits per heavy atom. The zero-order chi connectivity index (χ0) is 16.7. The molecule has 2 aromatic heterocycles. The van der Waals surface area contributed by atoms with Gasteiger partial charge in [-0.05, 0) is 30.2 Å². The second-order valence-electron chi connectivity index (χ2n) is 5.70. The van der Waals surface area contributed by atoms with Crippen molar-refractivity contribution in [2.24, 2.45) is 0 Å². The van der Waals surface area contributed by atoms with E-state index in [1.165, 1.54) is 22.5 Å². The molecule has 0 unspecified atom stereocenters. The van der Waals surface area contributed by atoms with Gasteiger partial charge in [-0.25, -0.2) is 0 Å². The van der Waals surface area contributed by atoms with Crippen LogP contribution in [0.5, 0.6) is 0 Å². The summed E-state index contributed by atoms with van der Waals surface area (Å²) in [6.45, 7) is 1.31. The lowest BCUT2D eigenvalue weighted by Crippen LogP contribution is -2.34. The summed E-state index contributed by atoms with van der Waals surface area (Å²) in [5.41, 5.74) is 3.37. The van der Waals surface area contributed by atoms with Crippen molar-refractivity contribution >= 4 is 56.9 Å². The fraction of sp³-hybridized carbons (Fsp3) is 0.167. The van der Waals surface area contributed by atoms with E-state index in [2.05, 4.69) is 17.1 Å². The second-order valence-corrected chi connectivity index (χ2v) is 7.82. The van der Waals surface area contributed by atoms with Crippen LogP contribution in [0.3, 0.4) is 0 Å². The fourth-order valence-corrected chi connectivity index (χ4v) is 4.31. The molecular formula is C18H14Cl2N2OS. The van der Waals surface area contributed by atoms with Crippen molar-refractivity contribution in [2.75, 3.05) is 13.1 Å². The largest absolute Gasteiger partial charge is 0.359 e. The van der Waals surface area contributed by atoms with Crippen LogP contribution in [-0.2, 0) is 0 Å². The van der Waals surface area contributed by atoms with Gasteiger partial charge in [-0.1, -0.05) is 41.4 Å². The van der Waals surface area contributed by atoms with Gasteiger partial charge in [0, 0.05) is 30.2 Å². The summed E-state index contributed by atoms with van der Waals surface area (Å²) in [6.07, 6.45) is 4.95. The van der Waals surface area contributed by atoms with Crippen LogP contribution in [0.15, 0.2) is 42.6 Å². The lowest BCUT2D eigenvalue weighted by Gasteiger charge is -2.26. The van der Waals surface area contributed by atoms with E-state index in [0.717, 1.165) is 22.3 Å².